The minimum atomic E-state index is 0.382. The van der Waals surface area contributed by atoms with E-state index < -0.39 is 0 Å². The molecule has 0 bridgehead atoms. The van der Waals surface area contributed by atoms with Crippen LogP contribution < -0.4 is 0 Å². The Morgan fingerprint density at radius 3 is 3.05 bits per heavy atom. The van der Waals surface area contributed by atoms with Gasteiger partial charge in [-0.25, -0.2) is 4.31 Å². The molecule has 0 amide bonds. The lowest BCUT2D eigenvalue weighted by Gasteiger charge is -2.28. The van der Waals surface area contributed by atoms with Gasteiger partial charge in [0.25, 0.3) is 0 Å². The Balaban J connectivity index is 2.23. The van der Waals surface area contributed by atoms with Gasteiger partial charge in [-0.2, -0.15) is 0 Å². The monoisotopic (exact) mass is 303 g/mol. The largest absolute Gasteiger partial charge is 0.508 e. The summed E-state index contributed by atoms with van der Waals surface area (Å²) in [6.45, 7) is 4.44. The van der Waals surface area contributed by atoms with Gasteiger partial charge < -0.3 is 5.11 Å². The number of phenolic OH excluding ortho intramolecular Hbond substituents is 1. The molecule has 3 heteroatoms. The number of aromatic hydroxyl groups is 1. The minimum Gasteiger partial charge on any atom is -0.508 e. The van der Waals surface area contributed by atoms with Gasteiger partial charge in [-0.1, -0.05) is 24.9 Å². The molecule has 2 nitrogen and oxygen atoms in total. The van der Waals surface area contributed by atoms with Crippen molar-refractivity contribution in [3.8, 4) is 18.1 Å². The van der Waals surface area contributed by atoms with Gasteiger partial charge >= 0.3 is 0 Å². The lowest BCUT2D eigenvalue weighted by molar-refractivity contribution is 0.353. The molecule has 1 aliphatic rings. The molecule has 0 spiro atoms. The van der Waals surface area contributed by atoms with E-state index in [1.54, 1.807) is 0 Å². The van der Waals surface area contributed by atoms with Crippen LogP contribution in [0.4, 0.5) is 0 Å². The summed E-state index contributed by atoms with van der Waals surface area (Å²) in [6, 6.07) is 5.88. The van der Waals surface area contributed by atoms with E-state index in [-0.39, 0.29) is 0 Å². The summed E-state index contributed by atoms with van der Waals surface area (Å²) in [5.74, 6) is 4.16. The van der Waals surface area contributed by atoms with Crippen LogP contribution in [0.2, 0.25) is 0 Å². The quantitative estimate of drug-likeness (QED) is 0.504. The van der Waals surface area contributed by atoms with Gasteiger partial charge in [0.05, 0.1) is 0 Å². The van der Waals surface area contributed by atoms with Crippen LogP contribution >= 0.6 is 11.9 Å². The van der Waals surface area contributed by atoms with Gasteiger partial charge in [-0.3, -0.25) is 0 Å². The highest BCUT2D eigenvalue weighted by atomic mass is 32.2. The van der Waals surface area contributed by atoms with E-state index in [0.29, 0.717) is 17.6 Å². The van der Waals surface area contributed by atoms with Crippen molar-refractivity contribution < 1.29 is 5.11 Å². The van der Waals surface area contributed by atoms with Crippen LogP contribution in [0, 0.1) is 18.3 Å². The number of fused-ring (bicyclic) bond motifs is 1. The first-order chi connectivity index (χ1) is 10.2. The van der Waals surface area contributed by atoms with Crippen molar-refractivity contribution in [2.45, 2.75) is 38.5 Å². The summed E-state index contributed by atoms with van der Waals surface area (Å²) in [5, 5.41) is 9.87. The van der Waals surface area contributed by atoms with Crippen molar-refractivity contribution in [1.82, 2.24) is 4.31 Å². The average molecular weight is 303 g/mol. The Labute approximate surface area is 133 Å². The summed E-state index contributed by atoms with van der Waals surface area (Å²) in [5.41, 5.74) is 2.72. The van der Waals surface area contributed by atoms with Crippen LogP contribution in [0.1, 0.15) is 43.2 Å². The molecule has 1 aliphatic heterocycles. The third kappa shape index (κ3) is 4.18. The lowest BCUT2D eigenvalue weighted by Crippen LogP contribution is -2.24. The second kappa shape index (κ2) is 7.77. The Morgan fingerprint density at radius 1 is 1.52 bits per heavy atom. The maximum absolute atomic E-state index is 9.87. The zero-order valence-corrected chi connectivity index (χ0v) is 13.8. The Kier molecular flexibility index (Phi) is 6.02. The van der Waals surface area contributed by atoms with Gasteiger partial charge in [0.15, 0.2) is 0 Å². The van der Waals surface area contributed by atoms with E-state index in [4.69, 9.17) is 6.42 Å². The van der Waals surface area contributed by atoms with Crippen LogP contribution in [0.15, 0.2) is 18.2 Å². The molecule has 1 aromatic rings. The maximum atomic E-state index is 9.87. The van der Waals surface area contributed by atoms with Crippen molar-refractivity contribution in [2.24, 2.45) is 5.92 Å². The van der Waals surface area contributed by atoms with Gasteiger partial charge in [0, 0.05) is 25.4 Å². The summed E-state index contributed by atoms with van der Waals surface area (Å²) < 4.78 is 2.44. The predicted molar refractivity (Wildman–Crippen MR) is 91.5 cm³/mol. The fraction of sp³-hybridized carbons (Fsp3) is 0.556. The minimum absolute atomic E-state index is 0.382. The number of hydrogen-bond donors (Lipinski definition) is 1. The number of phenols is 1. The highest BCUT2D eigenvalue weighted by molar-refractivity contribution is 7.96. The van der Waals surface area contributed by atoms with E-state index in [1.807, 2.05) is 24.1 Å². The molecule has 0 aliphatic carbocycles. The smallest absolute Gasteiger partial charge is 0.115 e. The highest BCUT2D eigenvalue weighted by Gasteiger charge is 2.27. The maximum Gasteiger partial charge on any atom is 0.115 e. The second-order valence-electron chi connectivity index (χ2n) is 5.88. The van der Waals surface area contributed by atoms with E-state index in [2.05, 4.69) is 29.5 Å². The Morgan fingerprint density at radius 2 is 2.33 bits per heavy atom. The van der Waals surface area contributed by atoms with E-state index in [0.717, 1.165) is 38.8 Å². The van der Waals surface area contributed by atoms with Gasteiger partial charge in [-0.15, -0.1) is 12.3 Å². The van der Waals surface area contributed by atoms with E-state index in [9.17, 15) is 5.11 Å². The molecule has 0 saturated carbocycles. The van der Waals surface area contributed by atoms with Crippen molar-refractivity contribution in [1.29, 1.82) is 0 Å². The zero-order chi connectivity index (χ0) is 15.2. The first kappa shape index (κ1) is 16.3. The molecule has 2 rings (SSSR count). The number of benzene rings is 1. The standard InChI is InChI=1S/C18H25NOS/c1-4-5-6-7-14(2)18-13-19(21-3)11-10-15-8-9-16(20)12-17(15)18/h1,8-9,12,14,18,20H,5-7,10-11,13H2,2-3H3. The molecule has 0 fully saturated rings. The fourth-order valence-electron chi connectivity index (χ4n) is 3.19. The first-order valence-electron chi connectivity index (χ1n) is 7.70. The number of terminal acetylenes is 1. The fourth-order valence-corrected chi connectivity index (χ4v) is 3.77. The Bertz CT molecular complexity index is 508. The molecule has 21 heavy (non-hydrogen) atoms. The van der Waals surface area contributed by atoms with Crippen LogP contribution in [0.3, 0.4) is 0 Å². The van der Waals surface area contributed by atoms with Crippen LogP contribution in [-0.2, 0) is 6.42 Å². The zero-order valence-electron chi connectivity index (χ0n) is 13.0. The molecule has 2 unspecified atom stereocenters. The molecule has 1 aromatic carbocycles. The molecule has 1 heterocycles. The second-order valence-corrected chi connectivity index (χ2v) is 6.77. The highest BCUT2D eigenvalue weighted by Crippen LogP contribution is 2.36. The van der Waals surface area contributed by atoms with Crippen molar-refractivity contribution >= 4 is 11.9 Å². The summed E-state index contributed by atoms with van der Waals surface area (Å²) in [4.78, 5) is 0. The third-order valence-corrected chi connectivity index (χ3v) is 5.33. The van der Waals surface area contributed by atoms with Crippen molar-refractivity contribution in [3.63, 3.8) is 0 Å². The molecule has 0 aromatic heterocycles. The lowest BCUT2D eigenvalue weighted by atomic mass is 9.82. The number of unbranched alkanes of at least 4 members (excludes halogenated alkanes) is 1. The molecule has 0 saturated heterocycles. The average Bonchev–Trinajstić information content (AvgIpc) is 2.66. The SMILES string of the molecule is C#CCCCC(C)C1CN(SC)CCc2ccc(O)cc21. The molecular formula is C18H25NOS. The van der Waals surface area contributed by atoms with E-state index in [1.165, 1.54) is 11.1 Å². The number of rotatable bonds is 5. The van der Waals surface area contributed by atoms with Gasteiger partial charge in [-0.05, 0) is 54.7 Å². The first-order valence-corrected chi connectivity index (χ1v) is 8.88. The topological polar surface area (TPSA) is 23.5 Å². The summed E-state index contributed by atoms with van der Waals surface area (Å²) in [6.07, 6.45) is 11.7. The van der Waals surface area contributed by atoms with Crippen LogP contribution in [-0.4, -0.2) is 28.8 Å². The molecular weight excluding hydrogens is 278 g/mol. The van der Waals surface area contributed by atoms with Crippen LogP contribution in [0.5, 0.6) is 5.75 Å². The molecule has 0 radical (unpaired) electrons. The summed E-state index contributed by atoms with van der Waals surface area (Å²) >= 11 is 1.82. The Hall–Kier alpha value is -1.11. The molecule has 114 valence electrons. The van der Waals surface area contributed by atoms with Gasteiger partial charge in [0.2, 0.25) is 0 Å². The predicted octanol–water partition coefficient (Wildman–Crippen LogP) is 4.05. The molecule has 2 atom stereocenters. The molecule has 1 N–H and O–H groups in total. The number of hydrogen-bond acceptors (Lipinski definition) is 3. The third-order valence-electron chi connectivity index (χ3n) is 4.49. The van der Waals surface area contributed by atoms with Crippen molar-refractivity contribution in [2.75, 3.05) is 19.3 Å². The normalized spacial score (nSPS) is 20.3. The van der Waals surface area contributed by atoms with Crippen LogP contribution in [0.25, 0.3) is 0 Å². The van der Waals surface area contributed by atoms with E-state index >= 15 is 0 Å². The summed E-state index contributed by atoms with van der Waals surface area (Å²) in [7, 11) is 0. The van der Waals surface area contributed by atoms with Crippen molar-refractivity contribution in [3.05, 3.63) is 29.3 Å². The number of nitrogens with zero attached hydrogens (tertiary/aromatic N) is 1. The van der Waals surface area contributed by atoms with Gasteiger partial charge in [0.1, 0.15) is 5.75 Å².